The van der Waals surface area contributed by atoms with Crippen molar-refractivity contribution in [2.75, 3.05) is 26.4 Å². The number of hydrogen-bond donors (Lipinski definition) is 2. The van der Waals surface area contributed by atoms with Gasteiger partial charge in [-0.1, -0.05) is 146 Å². The molecule has 0 spiro atoms. The SMILES string of the molecule is OCCOc1ccc2cc(C3(c4ccc5cc(OCCO)ccc5c4)c4cc(-c5cccc6ccccc56)ccc4-c4ccc(-c5cccc6ccccc56)cc43)ccc2c1. The molecule has 1 aliphatic rings. The molecule has 0 amide bonds. The van der Waals surface area contributed by atoms with Gasteiger partial charge in [0.15, 0.2) is 0 Å². The van der Waals surface area contributed by atoms with Gasteiger partial charge in [-0.05, 0) is 147 Å². The lowest BCUT2D eigenvalue weighted by atomic mass is 9.66. The summed E-state index contributed by atoms with van der Waals surface area (Å²) in [6.45, 7) is 0.413. The van der Waals surface area contributed by atoms with Crippen LogP contribution in [0.5, 0.6) is 11.5 Å². The van der Waals surface area contributed by atoms with E-state index in [1.807, 2.05) is 12.1 Å². The van der Waals surface area contributed by atoms with Crippen molar-refractivity contribution in [3.05, 3.63) is 216 Å². The summed E-state index contributed by atoms with van der Waals surface area (Å²) >= 11 is 0. The molecule has 61 heavy (non-hydrogen) atoms. The van der Waals surface area contributed by atoms with Crippen molar-refractivity contribution in [2.45, 2.75) is 5.41 Å². The van der Waals surface area contributed by atoms with E-state index in [2.05, 4.69) is 182 Å². The Morgan fingerprint density at radius 3 is 1.25 bits per heavy atom. The number of fused-ring (bicyclic) bond motifs is 7. The smallest absolute Gasteiger partial charge is 0.120 e. The highest BCUT2D eigenvalue weighted by molar-refractivity contribution is 6.01. The molecular formula is C57H42O4. The number of benzene rings is 10. The molecule has 0 radical (unpaired) electrons. The number of hydrogen-bond acceptors (Lipinski definition) is 4. The summed E-state index contributed by atoms with van der Waals surface area (Å²) in [5.74, 6) is 1.47. The van der Waals surface area contributed by atoms with Gasteiger partial charge in [-0.15, -0.1) is 0 Å². The molecule has 0 fully saturated rings. The van der Waals surface area contributed by atoms with E-state index in [0.29, 0.717) is 0 Å². The fraction of sp³-hybridized carbons (Fsp3) is 0.0877. The lowest BCUT2D eigenvalue weighted by Crippen LogP contribution is -2.28. The van der Waals surface area contributed by atoms with Crippen LogP contribution in [0.15, 0.2) is 194 Å². The van der Waals surface area contributed by atoms with Crippen LogP contribution in [0, 0.1) is 0 Å². The predicted molar refractivity (Wildman–Crippen MR) is 250 cm³/mol. The molecule has 11 rings (SSSR count). The highest BCUT2D eigenvalue weighted by Gasteiger charge is 2.47. The Morgan fingerprint density at radius 2 is 0.770 bits per heavy atom. The molecular weight excluding hydrogens is 749 g/mol. The molecule has 10 aromatic carbocycles. The Morgan fingerprint density at radius 1 is 0.344 bits per heavy atom. The molecule has 4 heteroatoms. The van der Waals surface area contributed by atoms with Crippen LogP contribution >= 0.6 is 0 Å². The second-order valence-corrected chi connectivity index (χ2v) is 15.9. The van der Waals surface area contributed by atoms with Crippen LogP contribution in [-0.2, 0) is 5.41 Å². The van der Waals surface area contributed by atoms with Crippen molar-refractivity contribution in [3.8, 4) is 44.9 Å². The zero-order chi connectivity index (χ0) is 40.9. The van der Waals surface area contributed by atoms with Gasteiger partial charge in [0.1, 0.15) is 24.7 Å². The molecule has 10 aromatic rings. The van der Waals surface area contributed by atoms with E-state index in [1.165, 1.54) is 66.1 Å². The third-order valence-electron chi connectivity index (χ3n) is 12.5. The maximum Gasteiger partial charge on any atom is 0.120 e. The minimum atomic E-state index is -0.730. The quantitative estimate of drug-likeness (QED) is 0.145. The normalized spacial score (nSPS) is 12.8. The maximum atomic E-state index is 9.46. The minimum Gasteiger partial charge on any atom is -0.491 e. The van der Waals surface area contributed by atoms with Crippen molar-refractivity contribution in [1.29, 1.82) is 0 Å². The fourth-order valence-electron chi connectivity index (χ4n) is 9.82. The zero-order valence-corrected chi connectivity index (χ0v) is 33.5. The molecule has 0 aromatic heterocycles. The lowest BCUT2D eigenvalue weighted by Gasteiger charge is -2.35. The van der Waals surface area contributed by atoms with E-state index in [4.69, 9.17) is 9.47 Å². The van der Waals surface area contributed by atoms with Gasteiger partial charge in [-0.3, -0.25) is 0 Å². The minimum absolute atomic E-state index is 0.0391. The van der Waals surface area contributed by atoms with Crippen LogP contribution in [0.1, 0.15) is 22.3 Å². The first kappa shape index (κ1) is 36.8. The van der Waals surface area contributed by atoms with E-state index in [1.54, 1.807) is 0 Å². The van der Waals surface area contributed by atoms with Gasteiger partial charge < -0.3 is 19.7 Å². The largest absolute Gasteiger partial charge is 0.491 e. The van der Waals surface area contributed by atoms with Crippen molar-refractivity contribution >= 4 is 43.1 Å². The standard InChI is InChI=1S/C57H42O4/c58-27-29-60-47-23-17-39-31-45(21-15-41(39)33-47)57(46-22-16-42-34-48(61-30-28-59)24-18-40(42)32-46)55-35-43(51-13-5-9-37-7-1-3-11-49(37)51)19-25-53(55)54-26-20-44(36-56(54)57)52-14-6-10-38-8-2-4-12-50(38)52/h1-26,31-36,58-59H,27-30H2. The lowest BCUT2D eigenvalue weighted by molar-refractivity contribution is 0.201. The van der Waals surface area contributed by atoms with E-state index >= 15 is 0 Å². The van der Waals surface area contributed by atoms with Crippen LogP contribution in [0.3, 0.4) is 0 Å². The Labute approximate surface area is 354 Å². The summed E-state index contributed by atoms with van der Waals surface area (Å²) < 4.78 is 11.7. The number of aliphatic hydroxyl groups is 2. The average molecular weight is 791 g/mol. The van der Waals surface area contributed by atoms with Crippen molar-refractivity contribution in [2.24, 2.45) is 0 Å². The van der Waals surface area contributed by atoms with Gasteiger partial charge in [-0.25, -0.2) is 0 Å². The van der Waals surface area contributed by atoms with Crippen molar-refractivity contribution in [3.63, 3.8) is 0 Å². The number of aliphatic hydroxyl groups excluding tert-OH is 2. The number of ether oxygens (including phenoxy) is 2. The van der Waals surface area contributed by atoms with Crippen LogP contribution in [0.25, 0.3) is 76.5 Å². The summed E-state index contributed by atoms with van der Waals surface area (Å²) in [5.41, 5.74) is 11.2. The molecule has 1 aliphatic carbocycles. The predicted octanol–water partition coefficient (Wildman–Crippen LogP) is 12.7. The Kier molecular flexibility index (Phi) is 9.11. The Hall–Kier alpha value is -7.24. The molecule has 0 saturated heterocycles. The zero-order valence-electron chi connectivity index (χ0n) is 33.5. The Bertz CT molecular complexity index is 3080. The van der Waals surface area contributed by atoms with Crippen molar-refractivity contribution in [1.82, 2.24) is 0 Å². The second kappa shape index (κ2) is 15.1. The van der Waals surface area contributed by atoms with Gasteiger partial charge in [0, 0.05) is 0 Å². The summed E-state index contributed by atoms with van der Waals surface area (Å²) in [6, 6.07) is 70.7. The van der Waals surface area contributed by atoms with Crippen molar-refractivity contribution < 1.29 is 19.7 Å². The molecule has 0 saturated carbocycles. The molecule has 0 bridgehead atoms. The molecule has 0 unspecified atom stereocenters. The van der Waals surface area contributed by atoms with Gasteiger partial charge >= 0.3 is 0 Å². The van der Waals surface area contributed by atoms with Crippen LogP contribution in [0.2, 0.25) is 0 Å². The van der Waals surface area contributed by atoms with Crippen LogP contribution < -0.4 is 9.47 Å². The van der Waals surface area contributed by atoms with E-state index in [0.717, 1.165) is 44.2 Å². The van der Waals surface area contributed by atoms with Gasteiger partial charge in [-0.2, -0.15) is 0 Å². The molecule has 0 aliphatic heterocycles. The molecule has 2 N–H and O–H groups in total. The molecule has 4 nitrogen and oxygen atoms in total. The van der Waals surface area contributed by atoms with Crippen LogP contribution in [0.4, 0.5) is 0 Å². The van der Waals surface area contributed by atoms with E-state index in [-0.39, 0.29) is 26.4 Å². The van der Waals surface area contributed by atoms with Gasteiger partial charge in [0.05, 0.1) is 18.6 Å². The van der Waals surface area contributed by atoms with Gasteiger partial charge in [0.25, 0.3) is 0 Å². The van der Waals surface area contributed by atoms with Gasteiger partial charge in [0.2, 0.25) is 0 Å². The number of rotatable bonds is 10. The monoisotopic (exact) mass is 790 g/mol. The summed E-state index contributed by atoms with van der Waals surface area (Å²) in [4.78, 5) is 0. The fourth-order valence-corrected chi connectivity index (χ4v) is 9.82. The molecule has 0 heterocycles. The average Bonchev–Trinajstić information content (AvgIpc) is 3.61. The third kappa shape index (κ3) is 6.14. The molecule has 294 valence electrons. The maximum absolute atomic E-state index is 9.46. The van der Waals surface area contributed by atoms with E-state index in [9.17, 15) is 10.2 Å². The highest BCUT2D eigenvalue weighted by Crippen LogP contribution is 2.58. The first-order chi connectivity index (χ1) is 30.1. The molecule has 0 atom stereocenters. The topological polar surface area (TPSA) is 58.9 Å². The first-order valence-electron chi connectivity index (χ1n) is 20.9. The second-order valence-electron chi connectivity index (χ2n) is 15.9. The van der Waals surface area contributed by atoms with E-state index < -0.39 is 5.41 Å². The first-order valence-corrected chi connectivity index (χ1v) is 20.9. The summed E-state index contributed by atoms with van der Waals surface area (Å²) in [6.07, 6.45) is 0. The summed E-state index contributed by atoms with van der Waals surface area (Å²) in [7, 11) is 0. The Balaban J connectivity index is 1.22. The van der Waals surface area contributed by atoms with Crippen LogP contribution in [-0.4, -0.2) is 36.6 Å². The third-order valence-corrected chi connectivity index (χ3v) is 12.5. The summed E-state index contributed by atoms with van der Waals surface area (Å²) in [5, 5.41) is 28.1. The highest BCUT2D eigenvalue weighted by atomic mass is 16.5.